The van der Waals surface area contributed by atoms with Gasteiger partial charge in [0, 0.05) is 16.3 Å². The first-order valence-corrected chi connectivity index (χ1v) is 14.4. The van der Waals surface area contributed by atoms with Crippen molar-refractivity contribution >= 4 is 51.0 Å². The van der Waals surface area contributed by atoms with Crippen LogP contribution in [0.3, 0.4) is 0 Å². The molecule has 0 bridgehead atoms. The van der Waals surface area contributed by atoms with Crippen molar-refractivity contribution in [3.8, 4) is 17.2 Å². The Bertz CT molecular complexity index is 1650. The van der Waals surface area contributed by atoms with Crippen molar-refractivity contribution in [2.75, 3.05) is 25.0 Å². The molecule has 212 valence electrons. The number of halogens is 2. The molecule has 0 aliphatic carbocycles. The van der Waals surface area contributed by atoms with E-state index in [4.69, 9.17) is 37.4 Å². The first kappa shape index (κ1) is 29.7. The molecule has 41 heavy (non-hydrogen) atoms. The summed E-state index contributed by atoms with van der Waals surface area (Å²) in [4.78, 5) is 12.6. The SMILES string of the molecule is COc1cc(C=NNC(=O)c2cccc(S(=O)(=O)Nc3ccc(Cl)cc3)c2)ccc1OCCOc1ccccc1Cl. The summed E-state index contributed by atoms with van der Waals surface area (Å²) in [6.07, 6.45) is 1.42. The number of hydrazone groups is 1. The van der Waals surface area contributed by atoms with Crippen LogP contribution in [0.5, 0.6) is 17.2 Å². The average Bonchev–Trinajstić information content (AvgIpc) is 2.97. The maximum Gasteiger partial charge on any atom is 0.271 e. The number of nitrogens with zero attached hydrogens (tertiary/aromatic N) is 1. The van der Waals surface area contributed by atoms with Crippen molar-refractivity contribution in [2.45, 2.75) is 4.90 Å². The molecular weight excluding hydrogens is 589 g/mol. The lowest BCUT2D eigenvalue weighted by atomic mass is 10.2. The standard InChI is InChI=1S/C29H25Cl2N3O6S/c1-38-28-17-20(9-14-27(28)40-16-15-39-26-8-3-2-7-25(26)31)19-32-33-29(35)21-5-4-6-24(18-21)41(36,37)34-23-12-10-22(30)11-13-23/h2-14,17-19,34H,15-16H2,1H3,(H,33,35). The van der Waals surface area contributed by atoms with Crippen LogP contribution in [0.15, 0.2) is 101 Å². The number of carbonyl (C=O) groups excluding carboxylic acids is 1. The fourth-order valence-corrected chi connectivity index (χ4v) is 4.94. The molecule has 1 amide bonds. The van der Waals surface area contributed by atoms with Crippen LogP contribution < -0.4 is 24.4 Å². The maximum atomic E-state index is 12.8. The van der Waals surface area contributed by atoms with E-state index >= 15 is 0 Å². The molecule has 9 nitrogen and oxygen atoms in total. The number of hydrogen-bond donors (Lipinski definition) is 2. The van der Waals surface area contributed by atoms with Crippen molar-refractivity contribution in [3.05, 3.63) is 112 Å². The molecule has 4 rings (SSSR count). The Balaban J connectivity index is 1.33. The lowest BCUT2D eigenvalue weighted by Gasteiger charge is -2.12. The normalized spacial score (nSPS) is 11.2. The Morgan fingerprint density at radius 2 is 1.59 bits per heavy atom. The van der Waals surface area contributed by atoms with Crippen LogP contribution in [0.1, 0.15) is 15.9 Å². The third kappa shape index (κ3) is 8.37. The zero-order valence-electron chi connectivity index (χ0n) is 21.7. The molecule has 2 N–H and O–H groups in total. The molecular formula is C29H25Cl2N3O6S. The second kappa shape index (κ2) is 13.9. The predicted octanol–water partition coefficient (Wildman–Crippen LogP) is 6.02. The van der Waals surface area contributed by atoms with Crippen LogP contribution in [-0.4, -0.2) is 40.9 Å². The number of nitrogens with one attached hydrogen (secondary N) is 2. The molecule has 0 atom stereocenters. The number of benzene rings is 4. The van der Waals surface area contributed by atoms with E-state index in [1.807, 2.05) is 12.1 Å². The second-order valence-corrected chi connectivity index (χ2v) is 10.9. The first-order valence-electron chi connectivity index (χ1n) is 12.2. The van der Waals surface area contributed by atoms with Crippen LogP contribution >= 0.6 is 23.2 Å². The van der Waals surface area contributed by atoms with Gasteiger partial charge < -0.3 is 14.2 Å². The van der Waals surface area contributed by atoms with Crippen LogP contribution in [0.25, 0.3) is 0 Å². The van der Waals surface area contributed by atoms with E-state index in [1.165, 1.54) is 49.7 Å². The van der Waals surface area contributed by atoms with Crippen LogP contribution in [0, 0.1) is 0 Å². The summed E-state index contributed by atoms with van der Waals surface area (Å²) in [5.41, 5.74) is 3.48. The first-order chi connectivity index (χ1) is 19.7. The van der Waals surface area contributed by atoms with E-state index in [0.717, 1.165) is 0 Å². The molecule has 0 aromatic heterocycles. The molecule has 0 radical (unpaired) electrons. The molecule has 4 aromatic rings. The van der Waals surface area contributed by atoms with Gasteiger partial charge in [0.1, 0.15) is 19.0 Å². The van der Waals surface area contributed by atoms with E-state index in [9.17, 15) is 13.2 Å². The number of rotatable bonds is 12. The summed E-state index contributed by atoms with van der Waals surface area (Å²) < 4.78 is 44.8. The summed E-state index contributed by atoms with van der Waals surface area (Å²) >= 11 is 11.9. The highest BCUT2D eigenvalue weighted by Gasteiger charge is 2.16. The van der Waals surface area contributed by atoms with Crippen LogP contribution in [-0.2, 0) is 10.0 Å². The Morgan fingerprint density at radius 3 is 2.32 bits per heavy atom. The largest absolute Gasteiger partial charge is 0.493 e. The minimum atomic E-state index is -3.93. The summed E-state index contributed by atoms with van der Waals surface area (Å²) in [6, 6.07) is 24.1. The quantitative estimate of drug-likeness (QED) is 0.115. The molecule has 0 spiro atoms. The van der Waals surface area contributed by atoms with Crippen molar-refractivity contribution < 1.29 is 27.4 Å². The van der Waals surface area contributed by atoms with Crippen molar-refractivity contribution in [1.82, 2.24) is 5.43 Å². The Kier molecular flexibility index (Phi) is 10.1. The zero-order valence-corrected chi connectivity index (χ0v) is 24.0. The summed E-state index contributed by atoms with van der Waals surface area (Å²) in [7, 11) is -2.43. The molecule has 4 aromatic carbocycles. The van der Waals surface area contributed by atoms with Gasteiger partial charge in [-0.15, -0.1) is 0 Å². The third-order valence-corrected chi connectivity index (χ3v) is 7.45. The van der Waals surface area contributed by atoms with Gasteiger partial charge in [-0.25, -0.2) is 13.8 Å². The number of sulfonamides is 1. The fraction of sp³-hybridized carbons (Fsp3) is 0.103. The molecule has 12 heteroatoms. The third-order valence-electron chi connectivity index (χ3n) is 5.51. The maximum absolute atomic E-state index is 12.8. The highest BCUT2D eigenvalue weighted by atomic mass is 35.5. The molecule has 0 aliphatic heterocycles. The lowest BCUT2D eigenvalue weighted by Crippen LogP contribution is -2.19. The highest BCUT2D eigenvalue weighted by Crippen LogP contribution is 2.28. The van der Waals surface area contributed by atoms with Crippen molar-refractivity contribution in [3.63, 3.8) is 0 Å². The molecule has 0 heterocycles. The van der Waals surface area contributed by atoms with E-state index < -0.39 is 15.9 Å². The van der Waals surface area contributed by atoms with E-state index in [-0.39, 0.29) is 23.7 Å². The number of amides is 1. The van der Waals surface area contributed by atoms with Crippen LogP contribution in [0.2, 0.25) is 10.0 Å². The average molecular weight is 615 g/mol. The van der Waals surface area contributed by atoms with Crippen molar-refractivity contribution in [2.24, 2.45) is 5.10 Å². The molecule has 0 aliphatic rings. The lowest BCUT2D eigenvalue weighted by molar-refractivity contribution is 0.0955. The zero-order chi connectivity index (χ0) is 29.2. The number of ether oxygens (including phenoxy) is 3. The number of para-hydroxylation sites is 1. The van der Waals surface area contributed by atoms with Gasteiger partial charge in [-0.05, 0) is 78.4 Å². The van der Waals surface area contributed by atoms with Gasteiger partial charge in [-0.1, -0.05) is 41.4 Å². The molecule has 0 saturated heterocycles. The number of carbonyl (C=O) groups is 1. The van der Waals surface area contributed by atoms with E-state index in [1.54, 1.807) is 42.5 Å². The van der Waals surface area contributed by atoms with Gasteiger partial charge in [-0.2, -0.15) is 5.10 Å². The summed E-state index contributed by atoms with van der Waals surface area (Å²) in [5, 5.41) is 4.97. The highest BCUT2D eigenvalue weighted by molar-refractivity contribution is 7.92. The monoisotopic (exact) mass is 613 g/mol. The Hall–Kier alpha value is -4.25. The molecule has 0 saturated carbocycles. The predicted molar refractivity (Wildman–Crippen MR) is 159 cm³/mol. The fourth-order valence-electron chi connectivity index (χ4n) is 3.52. The smallest absolute Gasteiger partial charge is 0.271 e. The van der Waals surface area contributed by atoms with Gasteiger partial charge in [0.05, 0.1) is 23.2 Å². The van der Waals surface area contributed by atoms with Gasteiger partial charge in [0.15, 0.2) is 11.5 Å². The minimum absolute atomic E-state index is 0.0818. The topological polar surface area (TPSA) is 115 Å². The van der Waals surface area contributed by atoms with E-state index in [2.05, 4.69) is 15.2 Å². The number of hydrogen-bond acceptors (Lipinski definition) is 7. The molecule has 0 unspecified atom stereocenters. The number of methoxy groups -OCH3 is 1. The minimum Gasteiger partial charge on any atom is -0.493 e. The van der Waals surface area contributed by atoms with Crippen molar-refractivity contribution in [1.29, 1.82) is 0 Å². The van der Waals surface area contributed by atoms with Gasteiger partial charge in [0.25, 0.3) is 15.9 Å². The van der Waals surface area contributed by atoms with Gasteiger partial charge in [-0.3, -0.25) is 9.52 Å². The molecule has 0 fully saturated rings. The van der Waals surface area contributed by atoms with Crippen LogP contribution in [0.4, 0.5) is 5.69 Å². The summed E-state index contributed by atoms with van der Waals surface area (Å²) in [6.45, 7) is 0.539. The van der Waals surface area contributed by atoms with Gasteiger partial charge in [0.2, 0.25) is 0 Å². The van der Waals surface area contributed by atoms with Gasteiger partial charge >= 0.3 is 0 Å². The second-order valence-electron chi connectivity index (χ2n) is 8.38. The Morgan fingerprint density at radius 1 is 0.854 bits per heavy atom. The van der Waals surface area contributed by atoms with E-state index in [0.29, 0.717) is 38.5 Å². The Labute approximate surface area is 247 Å². The summed E-state index contributed by atoms with van der Waals surface area (Å²) in [5.74, 6) is 0.947. The number of anilines is 1.